The maximum Gasteiger partial charge on any atom is 0.0992 e. The first-order chi connectivity index (χ1) is 9.20. The van der Waals surface area contributed by atoms with Crippen molar-refractivity contribution < 1.29 is 5.11 Å². The number of benzene rings is 2. The van der Waals surface area contributed by atoms with Crippen LogP contribution in [0.25, 0.3) is 0 Å². The second-order valence-corrected chi connectivity index (χ2v) is 4.52. The third-order valence-corrected chi connectivity index (χ3v) is 3.08. The summed E-state index contributed by atoms with van der Waals surface area (Å²) in [6, 6.07) is 16.4. The Morgan fingerprint density at radius 2 is 1.95 bits per heavy atom. The van der Waals surface area contributed by atoms with Crippen LogP contribution in [0.2, 0.25) is 5.02 Å². The van der Waals surface area contributed by atoms with Gasteiger partial charge in [-0.2, -0.15) is 5.26 Å². The number of rotatable bonds is 4. The normalized spacial score (nSPS) is 11.6. The maximum atomic E-state index is 10.0. The van der Waals surface area contributed by atoms with E-state index < -0.39 is 6.10 Å². The van der Waals surface area contributed by atoms with Crippen LogP contribution in [0.5, 0.6) is 0 Å². The predicted octanol–water partition coefficient (Wildman–Crippen LogP) is 3.36. The van der Waals surface area contributed by atoms with E-state index in [0.717, 1.165) is 5.56 Å². The lowest BCUT2D eigenvalue weighted by Gasteiger charge is -2.14. The van der Waals surface area contributed by atoms with Gasteiger partial charge in [-0.3, -0.25) is 0 Å². The van der Waals surface area contributed by atoms with Gasteiger partial charge >= 0.3 is 0 Å². The van der Waals surface area contributed by atoms with Gasteiger partial charge in [-0.15, -0.1) is 0 Å². The Bertz CT molecular complexity index is 593. The number of hydrogen-bond acceptors (Lipinski definition) is 3. The fourth-order valence-corrected chi connectivity index (χ4v) is 1.98. The van der Waals surface area contributed by atoms with Crippen molar-refractivity contribution in [1.29, 1.82) is 5.26 Å². The minimum absolute atomic E-state index is 0.357. The van der Waals surface area contributed by atoms with Crippen molar-refractivity contribution in [2.24, 2.45) is 0 Å². The molecule has 0 radical (unpaired) electrons. The summed E-state index contributed by atoms with van der Waals surface area (Å²) in [4.78, 5) is 0. The third-order valence-electron chi connectivity index (χ3n) is 2.77. The van der Waals surface area contributed by atoms with Crippen LogP contribution in [0.4, 0.5) is 5.69 Å². The maximum absolute atomic E-state index is 10.0. The Balaban J connectivity index is 2.01. The first-order valence-corrected chi connectivity index (χ1v) is 6.25. The summed E-state index contributed by atoms with van der Waals surface area (Å²) >= 11 is 6.04. The first-order valence-electron chi connectivity index (χ1n) is 5.87. The third kappa shape index (κ3) is 3.47. The number of aliphatic hydroxyl groups is 1. The highest BCUT2D eigenvalue weighted by Gasteiger charge is 2.08. The van der Waals surface area contributed by atoms with Crippen LogP contribution >= 0.6 is 11.6 Å². The van der Waals surface area contributed by atoms with E-state index in [4.69, 9.17) is 16.9 Å². The Hall–Kier alpha value is -2.02. The number of nitrogens with one attached hydrogen (secondary N) is 1. The smallest absolute Gasteiger partial charge is 0.0992 e. The summed E-state index contributed by atoms with van der Waals surface area (Å²) in [5.74, 6) is 0. The van der Waals surface area contributed by atoms with Crippen molar-refractivity contribution in [2.45, 2.75) is 6.10 Å². The molecule has 0 heterocycles. The lowest BCUT2D eigenvalue weighted by molar-refractivity contribution is 0.191. The summed E-state index contributed by atoms with van der Waals surface area (Å²) in [7, 11) is 0. The van der Waals surface area contributed by atoms with E-state index in [-0.39, 0.29) is 0 Å². The Morgan fingerprint density at radius 1 is 1.21 bits per heavy atom. The zero-order valence-corrected chi connectivity index (χ0v) is 10.9. The number of anilines is 1. The lowest BCUT2D eigenvalue weighted by Crippen LogP contribution is -2.12. The molecule has 1 atom stereocenters. The summed E-state index contributed by atoms with van der Waals surface area (Å²) in [6.07, 6.45) is -0.604. The summed E-state index contributed by atoms with van der Waals surface area (Å²) in [6.45, 7) is 0.357. The molecule has 2 aromatic rings. The summed E-state index contributed by atoms with van der Waals surface area (Å²) < 4.78 is 0. The van der Waals surface area contributed by atoms with Gasteiger partial charge in [-0.25, -0.2) is 0 Å². The van der Waals surface area contributed by atoms with Crippen LogP contribution in [0.15, 0.2) is 48.5 Å². The summed E-state index contributed by atoms with van der Waals surface area (Å²) in [5.41, 5.74) is 2.06. The number of nitrogens with zero attached hydrogens (tertiary/aromatic N) is 1. The van der Waals surface area contributed by atoms with E-state index in [1.165, 1.54) is 0 Å². The van der Waals surface area contributed by atoms with Gasteiger partial charge in [0.2, 0.25) is 0 Å². The molecule has 0 bridgehead atoms. The van der Waals surface area contributed by atoms with Crippen molar-refractivity contribution in [3.63, 3.8) is 0 Å². The molecule has 2 aromatic carbocycles. The number of aliphatic hydroxyl groups excluding tert-OH is 1. The fraction of sp³-hybridized carbons (Fsp3) is 0.133. The molecule has 19 heavy (non-hydrogen) atoms. The average molecular weight is 273 g/mol. The molecule has 4 heteroatoms. The van der Waals surface area contributed by atoms with E-state index >= 15 is 0 Å². The Morgan fingerprint density at radius 3 is 2.58 bits per heavy atom. The number of nitriles is 1. The molecule has 0 aromatic heterocycles. The molecular weight excluding hydrogens is 260 g/mol. The highest BCUT2D eigenvalue weighted by atomic mass is 35.5. The largest absolute Gasteiger partial charge is 0.387 e. The quantitative estimate of drug-likeness (QED) is 0.897. The van der Waals surface area contributed by atoms with Crippen LogP contribution in [-0.4, -0.2) is 11.7 Å². The Kier molecular flexibility index (Phi) is 4.40. The molecule has 0 aliphatic rings. The second kappa shape index (κ2) is 6.24. The van der Waals surface area contributed by atoms with Crippen LogP contribution in [0.1, 0.15) is 17.2 Å². The molecule has 0 fully saturated rings. The topological polar surface area (TPSA) is 56.0 Å². The average Bonchev–Trinajstić information content (AvgIpc) is 2.46. The van der Waals surface area contributed by atoms with E-state index in [0.29, 0.717) is 22.8 Å². The zero-order chi connectivity index (χ0) is 13.7. The molecule has 0 spiro atoms. The molecule has 2 rings (SSSR count). The van der Waals surface area contributed by atoms with Crippen molar-refractivity contribution in [3.05, 3.63) is 64.7 Å². The highest BCUT2D eigenvalue weighted by molar-refractivity contribution is 6.33. The van der Waals surface area contributed by atoms with Gasteiger partial charge in [0.25, 0.3) is 0 Å². The van der Waals surface area contributed by atoms with E-state index in [1.54, 1.807) is 18.2 Å². The predicted molar refractivity (Wildman–Crippen MR) is 76.1 cm³/mol. The van der Waals surface area contributed by atoms with Crippen molar-refractivity contribution >= 4 is 17.3 Å². The van der Waals surface area contributed by atoms with Gasteiger partial charge in [-0.05, 0) is 23.8 Å². The van der Waals surface area contributed by atoms with Crippen LogP contribution in [-0.2, 0) is 0 Å². The van der Waals surface area contributed by atoms with Crippen molar-refractivity contribution in [1.82, 2.24) is 0 Å². The van der Waals surface area contributed by atoms with Gasteiger partial charge in [0.15, 0.2) is 0 Å². The molecule has 1 unspecified atom stereocenters. The van der Waals surface area contributed by atoms with Crippen molar-refractivity contribution in [2.75, 3.05) is 11.9 Å². The molecule has 0 aliphatic carbocycles. The van der Waals surface area contributed by atoms with Gasteiger partial charge < -0.3 is 10.4 Å². The van der Waals surface area contributed by atoms with Gasteiger partial charge in [0.05, 0.1) is 28.4 Å². The Labute approximate surface area is 117 Å². The van der Waals surface area contributed by atoms with E-state index in [9.17, 15) is 5.11 Å². The minimum atomic E-state index is -0.604. The van der Waals surface area contributed by atoms with E-state index in [1.807, 2.05) is 36.4 Å². The molecule has 2 N–H and O–H groups in total. The van der Waals surface area contributed by atoms with Gasteiger partial charge in [0, 0.05) is 6.54 Å². The van der Waals surface area contributed by atoms with Crippen LogP contribution in [0, 0.1) is 11.3 Å². The zero-order valence-electron chi connectivity index (χ0n) is 10.2. The second-order valence-electron chi connectivity index (χ2n) is 4.11. The van der Waals surface area contributed by atoms with Crippen LogP contribution < -0.4 is 5.32 Å². The molecule has 0 amide bonds. The number of halogens is 1. The molecule has 0 aliphatic heterocycles. The van der Waals surface area contributed by atoms with Gasteiger partial charge in [0.1, 0.15) is 0 Å². The molecule has 3 nitrogen and oxygen atoms in total. The molecule has 96 valence electrons. The molecular formula is C15H13ClN2O. The van der Waals surface area contributed by atoms with Gasteiger partial charge in [-0.1, -0.05) is 41.9 Å². The summed E-state index contributed by atoms with van der Waals surface area (Å²) in [5, 5.41) is 22.3. The SMILES string of the molecule is N#Cc1ccc(NCC(O)c2ccccc2)c(Cl)c1. The minimum Gasteiger partial charge on any atom is -0.387 e. The number of hydrogen-bond donors (Lipinski definition) is 2. The first kappa shape index (κ1) is 13.4. The van der Waals surface area contributed by atoms with Crippen LogP contribution in [0.3, 0.4) is 0 Å². The monoisotopic (exact) mass is 272 g/mol. The molecule has 0 saturated heterocycles. The van der Waals surface area contributed by atoms with Crippen molar-refractivity contribution in [3.8, 4) is 6.07 Å². The van der Waals surface area contributed by atoms with E-state index in [2.05, 4.69) is 5.32 Å². The fourth-order valence-electron chi connectivity index (χ4n) is 1.73. The molecule has 0 saturated carbocycles. The highest BCUT2D eigenvalue weighted by Crippen LogP contribution is 2.23. The lowest BCUT2D eigenvalue weighted by atomic mass is 10.1. The standard InChI is InChI=1S/C15H13ClN2O/c16-13-8-11(9-17)6-7-14(13)18-10-15(19)12-4-2-1-3-5-12/h1-8,15,18-19H,10H2.